The average molecular weight is 162 g/mol. The molecule has 0 radical (unpaired) electrons. The van der Waals surface area contributed by atoms with E-state index in [0.29, 0.717) is 0 Å². The second kappa shape index (κ2) is 4.54. The Kier molecular flexibility index (Phi) is 3.33. The summed E-state index contributed by atoms with van der Waals surface area (Å²) in [5.74, 6) is 0. The van der Waals surface area contributed by atoms with Crippen LogP contribution in [0.4, 0.5) is 0 Å². The second-order valence-corrected chi connectivity index (χ2v) is 2.69. The summed E-state index contributed by atoms with van der Waals surface area (Å²) in [4.78, 5) is 4.03. The zero-order valence-electron chi connectivity index (χ0n) is 7.54. The molecule has 64 valence electrons. The van der Waals surface area contributed by atoms with Gasteiger partial charge in [0.15, 0.2) is 0 Å². The van der Waals surface area contributed by atoms with E-state index < -0.39 is 0 Å². The first-order valence-corrected chi connectivity index (χ1v) is 4.08. The molecule has 2 heteroatoms. The van der Waals surface area contributed by atoms with Gasteiger partial charge in [-0.15, -0.1) is 0 Å². The molecule has 0 spiro atoms. The van der Waals surface area contributed by atoms with Crippen molar-refractivity contribution in [2.24, 2.45) is 0 Å². The van der Waals surface area contributed by atoms with Crippen LogP contribution in [-0.2, 0) is 6.54 Å². The van der Waals surface area contributed by atoms with Crippen LogP contribution >= 0.6 is 0 Å². The standard InChI is InChI=1S/C10H14N2/c1-3-9(2)12-8-10-5-4-6-11-7-10/h3-7,12H,8H2,1-2H3/b9-3+. The van der Waals surface area contributed by atoms with E-state index in [1.807, 2.05) is 19.2 Å². The van der Waals surface area contributed by atoms with Crippen LogP contribution in [0, 0.1) is 0 Å². The second-order valence-electron chi connectivity index (χ2n) is 2.69. The van der Waals surface area contributed by atoms with E-state index in [9.17, 15) is 0 Å². The predicted octanol–water partition coefficient (Wildman–Crippen LogP) is 2.09. The molecule has 1 rings (SSSR count). The van der Waals surface area contributed by atoms with Gasteiger partial charge in [0.05, 0.1) is 0 Å². The van der Waals surface area contributed by atoms with Gasteiger partial charge < -0.3 is 5.32 Å². The molecule has 0 aromatic carbocycles. The van der Waals surface area contributed by atoms with Crippen molar-refractivity contribution in [2.45, 2.75) is 20.4 Å². The Hall–Kier alpha value is -1.31. The van der Waals surface area contributed by atoms with Crippen molar-refractivity contribution in [3.8, 4) is 0 Å². The van der Waals surface area contributed by atoms with Gasteiger partial charge in [-0.2, -0.15) is 0 Å². The molecular formula is C10H14N2. The van der Waals surface area contributed by atoms with Gasteiger partial charge in [0.25, 0.3) is 0 Å². The lowest BCUT2D eigenvalue weighted by molar-refractivity contribution is 0.805. The highest BCUT2D eigenvalue weighted by Gasteiger charge is 1.89. The molecule has 0 atom stereocenters. The van der Waals surface area contributed by atoms with Crippen molar-refractivity contribution in [1.29, 1.82) is 0 Å². The Morgan fingerprint density at radius 1 is 1.67 bits per heavy atom. The third kappa shape index (κ3) is 2.74. The number of hydrogen-bond donors (Lipinski definition) is 1. The summed E-state index contributed by atoms with van der Waals surface area (Å²) < 4.78 is 0. The predicted molar refractivity (Wildman–Crippen MR) is 50.5 cm³/mol. The highest BCUT2D eigenvalue weighted by molar-refractivity contribution is 5.09. The Labute approximate surface area is 73.3 Å². The number of rotatable bonds is 3. The Morgan fingerprint density at radius 3 is 3.08 bits per heavy atom. The van der Waals surface area contributed by atoms with Crippen LogP contribution in [0.1, 0.15) is 19.4 Å². The third-order valence-electron chi connectivity index (χ3n) is 1.73. The SMILES string of the molecule is C/C=C(\C)NCc1cccnc1. The van der Waals surface area contributed by atoms with E-state index in [4.69, 9.17) is 0 Å². The lowest BCUT2D eigenvalue weighted by Gasteiger charge is -2.04. The normalized spacial score (nSPS) is 11.3. The summed E-state index contributed by atoms with van der Waals surface area (Å²) in [5, 5.41) is 3.27. The largest absolute Gasteiger partial charge is 0.385 e. The average Bonchev–Trinajstić information content (AvgIpc) is 2.16. The number of nitrogens with zero attached hydrogens (tertiary/aromatic N) is 1. The van der Waals surface area contributed by atoms with E-state index in [1.54, 1.807) is 6.20 Å². The van der Waals surface area contributed by atoms with Crippen molar-refractivity contribution in [2.75, 3.05) is 0 Å². The van der Waals surface area contributed by atoms with Crippen molar-refractivity contribution >= 4 is 0 Å². The third-order valence-corrected chi connectivity index (χ3v) is 1.73. The minimum absolute atomic E-state index is 0.851. The van der Waals surface area contributed by atoms with Gasteiger partial charge in [0.2, 0.25) is 0 Å². The van der Waals surface area contributed by atoms with Gasteiger partial charge in [0.1, 0.15) is 0 Å². The monoisotopic (exact) mass is 162 g/mol. The van der Waals surface area contributed by atoms with Crippen LogP contribution < -0.4 is 5.32 Å². The molecule has 1 N–H and O–H groups in total. The van der Waals surface area contributed by atoms with Gasteiger partial charge in [-0.05, 0) is 25.5 Å². The Bertz CT molecular complexity index is 252. The maximum Gasteiger partial charge on any atom is 0.0412 e. The molecule has 0 unspecified atom stereocenters. The van der Waals surface area contributed by atoms with Gasteiger partial charge in [-0.25, -0.2) is 0 Å². The van der Waals surface area contributed by atoms with Crippen molar-refractivity contribution < 1.29 is 0 Å². The topological polar surface area (TPSA) is 24.9 Å². The summed E-state index contributed by atoms with van der Waals surface area (Å²) in [5.41, 5.74) is 2.40. The molecule has 0 saturated heterocycles. The molecule has 0 aliphatic rings. The maximum absolute atomic E-state index is 4.03. The molecule has 0 amide bonds. The summed E-state index contributed by atoms with van der Waals surface area (Å²) >= 11 is 0. The first-order chi connectivity index (χ1) is 5.83. The highest BCUT2D eigenvalue weighted by Crippen LogP contribution is 1.96. The summed E-state index contributed by atoms with van der Waals surface area (Å²) in [7, 11) is 0. The van der Waals surface area contributed by atoms with E-state index in [2.05, 4.69) is 29.4 Å². The van der Waals surface area contributed by atoms with Crippen LogP contribution in [0.2, 0.25) is 0 Å². The molecule has 0 saturated carbocycles. The minimum Gasteiger partial charge on any atom is -0.385 e. The molecule has 1 aromatic heterocycles. The molecule has 12 heavy (non-hydrogen) atoms. The van der Waals surface area contributed by atoms with Gasteiger partial charge in [-0.1, -0.05) is 12.1 Å². The maximum atomic E-state index is 4.03. The molecule has 0 fully saturated rings. The Morgan fingerprint density at radius 2 is 2.50 bits per heavy atom. The molecule has 0 aliphatic carbocycles. The van der Waals surface area contributed by atoms with Crippen molar-refractivity contribution in [3.05, 3.63) is 41.9 Å². The Balaban J connectivity index is 2.44. The lowest BCUT2D eigenvalue weighted by atomic mass is 10.3. The molecule has 2 nitrogen and oxygen atoms in total. The first kappa shape index (κ1) is 8.78. The molecule has 0 aliphatic heterocycles. The van der Waals surface area contributed by atoms with Gasteiger partial charge in [0, 0.05) is 24.6 Å². The van der Waals surface area contributed by atoms with Gasteiger partial charge >= 0.3 is 0 Å². The van der Waals surface area contributed by atoms with E-state index in [-0.39, 0.29) is 0 Å². The molecule has 1 heterocycles. The van der Waals surface area contributed by atoms with Crippen LogP contribution in [0.5, 0.6) is 0 Å². The van der Waals surface area contributed by atoms with Crippen LogP contribution in [0.25, 0.3) is 0 Å². The molecular weight excluding hydrogens is 148 g/mol. The molecule has 0 bridgehead atoms. The fourth-order valence-electron chi connectivity index (χ4n) is 0.846. The van der Waals surface area contributed by atoms with E-state index in [0.717, 1.165) is 6.54 Å². The fraction of sp³-hybridized carbons (Fsp3) is 0.300. The van der Waals surface area contributed by atoms with Gasteiger partial charge in [-0.3, -0.25) is 4.98 Å². The van der Waals surface area contributed by atoms with Crippen LogP contribution in [-0.4, -0.2) is 4.98 Å². The number of aromatic nitrogens is 1. The first-order valence-electron chi connectivity index (χ1n) is 4.08. The number of nitrogens with one attached hydrogen (secondary N) is 1. The number of hydrogen-bond acceptors (Lipinski definition) is 2. The molecule has 1 aromatic rings. The smallest absolute Gasteiger partial charge is 0.0412 e. The number of pyridine rings is 1. The highest BCUT2D eigenvalue weighted by atomic mass is 14.9. The lowest BCUT2D eigenvalue weighted by Crippen LogP contribution is -2.09. The fourth-order valence-corrected chi connectivity index (χ4v) is 0.846. The zero-order chi connectivity index (χ0) is 8.81. The summed E-state index contributed by atoms with van der Waals surface area (Å²) in [6, 6.07) is 4.00. The quantitative estimate of drug-likeness (QED) is 0.736. The number of allylic oxidation sites excluding steroid dienone is 2. The van der Waals surface area contributed by atoms with E-state index >= 15 is 0 Å². The van der Waals surface area contributed by atoms with Crippen LogP contribution in [0.15, 0.2) is 36.3 Å². The summed E-state index contributed by atoms with van der Waals surface area (Å²) in [6.07, 6.45) is 5.71. The van der Waals surface area contributed by atoms with E-state index in [1.165, 1.54) is 11.3 Å². The minimum atomic E-state index is 0.851. The van der Waals surface area contributed by atoms with Crippen LogP contribution in [0.3, 0.4) is 0 Å². The van der Waals surface area contributed by atoms with Crippen molar-refractivity contribution in [1.82, 2.24) is 10.3 Å². The van der Waals surface area contributed by atoms with Crippen molar-refractivity contribution in [3.63, 3.8) is 0 Å². The summed E-state index contributed by atoms with van der Waals surface area (Å²) in [6.45, 7) is 4.92. The zero-order valence-corrected chi connectivity index (χ0v) is 7.54.